The van der Waals surface area contributed by atoms with Gasteiger partial charge >= 0.3 is 0 Å². The van der Waals surface area contributed by atoms with Crippen LogP contribution in [-0.2, 0) is 20.2 Å². The van der Waals surface area contributed by atoms with Gasteiger partial charge in [-0.15, -0.1) is 0 Å². The Labute approximate surface area is 172 Å². The second kappa shape index (κ2) is 10.0. The molecule has 1 amide bonds. The predicted octanol–water partition coefficient (Wildman–Crippen LogP) is 3.88. The molecule has 0 bridgehead atoms. The van der Waals surface area contributed by atoms with Crippen molar-refractivity contribution in [2.45, 2.75) is 43.4 Å². The van der Waals surface area contributed by atoms with Crippen LogP contribution in [-0.4, -0.2) is 27.4 Å². The Balaban J connectivity index is 1.90. The van der Waals surface area contributed by atoms with E-state index in [9.17, 15) is 13.2 Å². The molecule has 5 nitrogen and oxygen atoms in total. The van der Waals surface area contributed by atoms with Gasteiger partial charge in [0.2, 0.25) is 15.9 Å². The van der Waals surface area contributed by atoms with Crippen molar-refractivity contribution in [2.75, 3.05) is 13.1 Å². The lowest BCUT2D eigenvalue weighted by molar-refractivity contribution is -0.121. The van der Waals surface area contributed by atoms with E-state index in [4.69, 9.17) is 11.6 Å². The van der Waals surface area contributed by atoms with Crippen molar-refractivity contribution < 1.29 is 13.2 Å². The van der Waals surface area contributed by atoms with Crippen LogP contribution in [0.3, 0.4) is 0 Å². The summed E-state index contributed by atoms with van der Waals surface area (Å²) in [7, 11) is -3.60. The van der Waals surface area contributed by atoms with Gasteiger partial charge in [0.1, 0.15) is 0 Å². The molecule has 2 N–H and O–H groups in total. The molecule has 2 aromatic rings. The van der Waals surface area contributed by atoms with E-state index in [1.807, 2.05) is 24.3 Å². The second-order valence-corrected chi connectivity index (χ2v) is 8.94. The fourth-order valence-electron chi connectivity index (χ4n) is 3.15. The Morgan fingerprint density at radius 2 is 1.61 bits per heavy atom. The monoisotopic (exact) mass is 422 g/mol. The Hall–Kier alpha value is -1.89. The Kier molecular flexibility index (Phi) is 8.04. The first kappa shape index (κ1) is 22.4. The maximum atomic E-state index is 12.3. The quantitative estimate of drug-likeness (QED) is 0.610. The molecule has 0 aromatic heterocycles. The molecular weight excluding hydrogens is 396 g/mol. The van der Waals surface area contributed by atoms with E-state index < -0.39 is 10.0 Å². The smallest absolute Gasteiger partial charge is 0.240 e. The minimum absolute atomic E-state index is 0.0508. The molecule has 0 saturated heterocycles. The third-order valence-electron chi connectivity index (χ3n) is 5.13. The van der Waals surface area contributed by atoms with E-state index in [0.29, 0.717) is 11.6 Å². The number of nitrogens with one attached hydrogen (secondary N) is 2. The molecule has 28 heavy (non-hydrogen) atoms. The van der Waals surface area contributed by atoms with Crippen molar-refractivity contribution in [1.82, 2.24) is 10.0 Å². The van der Waals surface area contributed by atoms with Crippen LogP contribution in [0.5, 0.6) is 0 Å². The Bertz CT molecular complexity index is 864. The van der Waals surface area contributed by atoms with E-state index in [2.05, 4.69) is 23.9 Å². The first-order chi connectivity index (χ1) is 13.3. The fourth-order valence-corrected chi connectivity index (χ4v) is 4.33. The van der Waals surface area contributed by atoms with Crippen LogP contribution >= 0.6 is 11.6 Å². The van der Waals surface area contributed by atoms with Gasteiger partial charge in [-0.1, -0.05) is 55.8 Å². The maximum absolute atomic E-state index is 12.3. The zero-order valence-corrected chi connectivity index (χ0v) is 17.8. The van der Waals surface area contributed by atoms with E-state index in [0.717, 1.165) is 18.4 Å². The highest BCUT2D eigenvalue weighted by Gasteiger charge is 2.29. The molecule has 0 spiro atoms. The second-order valence-electron chi connectivity index (χ2n) is 6.73. The van der Waals surface area contributed by atoms with Crippen LogP contribution in [0, 0.1) is 0 Å². The molecule has 0 unspecified atom stereocenters. The zero-order valence-electron chi connectivity index (χ0n) is 16.2. The largest absolute Gasteiger partial charge is 0.355 e. The zero-order chi connectivity index (χ0) is 20.6. The van der Waals surface area contributed by atoms with Crippen LogP contribution in [0.25, 0.3) is 0 Å². The average Bonchev–Trinajstić information content (AvgIpc) is 2.71. The normalized spacial score (nSPS) is 12.0. The molecule has 0 fully saturated rings. The molecule has 2 rings (SSSR count). The van der Waals surface area contributed by atoms with Crippen molar-refractivity contribution >= 4 is 27.5 Å². The summed E-state index contributed by atoms with van der Waals surface area (Å²) in [5.41, 5.74) is 0.955. The van der Waals surface area contributed by atoms with Gasteiger partial charge in [0, 0.05) is 29.9 Å². The number of amides is 1. The molecule has 2 aromatic carbocycles. The molecule has 0 heterocycles. The minimum Gasteiger partial charge on any atom is -0.355 e. The van der Waals surface area contributed by atoms with E-state index in [1.54, 1.807) is 18.2 Å². The van der Waals surface area contributed by atoms with E-state index >= 15 is 0 Å². The van der Waals surface area contributed by atoms with Gasteiger partial charge in [0.05, 0.1) is 4.90 Å². The van der Waals surface area contributed by atoms with Crippen molar-refractivity contribution in [3.63, 3.8) is 0 Å². The third kappa shape index (κ3) is 5.80. The summed E-state index contributed by atoms with van der Waals surface area (Å²) in [6, 6.07) is 15.8. The summed E-state index contributed by atoms with van der Waals surface area (Å²) >= 11 is 5.99. The number of halogens is 1. The molecule has 0 aliphatic carbocycles. The van der Waals surface area contributed by atoms with Gasteiger partial charge in [-0.05, 0) is 42.7 Å². The fraction of sp³-hybridized carbons (Fsp3) is 0.381. The van der Waals surface area contributed by atoms with Crippen LogP contribution in [0.4, 0.5) is 0 Å². The number of hydrogen-bond acceptors (Lipinski definition) is 3. The highest BCUT2D eigenvalue weighted by molar-refractivity contribution is 7.89. The summed E-state index contributed by atoms with van der Waals surface area (Å²) in [5, 5.41) is 3.64. The molecule has 0 aliphatic rings. The lowest BCUT2D eigenvalue weighted by Crippen LogP contribution is -2.41. The van der Waals surface area contributed by atoms with Crippen LogP contribution in [0.15, 0.2) is 59.5 Å². The maximum Gasteiger partial charge on any atom is 0.240 e. The Morgan fingerprint density at radius 3 is 2.18 bits per heavy atom. The number of benzene rings is 2. The Morgan fingerprint density at radius 1 is 1.00 bits per heavy atom. The van der Waals surface area contributed by atoms with Crippen molar-refractivity contribution in [2.24, 2.45) is 0 Å². The first-order valence-corrected chi connectivity index (χ1v) is 11.3. The van der Waals surface area contributed by atoms with E-state index in [-0.39, 0.29) is 29.2 Å². The van der Waals surface area contributed by atoms with Gasteiger partial charge in [-0.3, -0.25) is 4.79 Å². The molecule has 0 saturated carbocycles. The van der Waals surface area contributed by atoms with E-state index in [1.165, 1.54) is 12.1 Å². The SMILES string of the molecule is CCC(CC)(CNC(=O)CCNS(=O)(=O)c1ccccc1)c1ccc(Cl)cc1. The van der Waals surface area contributed by atoms with Gasteiger partial charge in [0.15, 0.2) is 0 Å². The predicted molar refractivity (Wildman–Crippen MR) is 113 cm³/mol. The van der Waals surface area contributed by atoms with Gasteiger partial charge < -0.3 is 5.32 Å². The van der Waals surface area contributed by atoms with Crippen LogP contribution in [0.2, 0.25) is 5.02 Å². The lowest BCUT2D eigenvalue weighted by Gasteiger charge is -2.32. The van der Waals surface area contributed by atoms with Gasteiger partial charge in [0.25, 0.3) is 0 Å². The number of carbonyl (C=O) groups is 1. The highest BCUT2D eigenvalue weighted by atomic mass is 35.5. The van der Waals surface area contributed by atoms with Gasteiger partial charge in [-0.25, -0.2) is 13.1 Å². The summed E-state index contributed by atoms with van der Waals surface area (Å²) in [5.74, 6) is -0.184. The molecule has 152 valence electrons. The summed E-state index contributed by atoms with van der Waals surface area (Å²) in [6.45, 7) is 4.73. The molecular formula is C21H27ClN2O3S. The van der Waals surface area contributed by atoms with Crippen LogP contribution < -0.4 is 10.0 Å². The third-order valence-corrected chi connectivity index (χ3v) is 6.86. The number of rotatable bonds is 10. The average molecular weight is 423 g/mol. The molecule has 0 atom stereocenters. The number of hydrogen-bond donors (Lipinski definition) is 2. The summed E-state index contributed by atoms with van der Waals surface area (Å²) in [6.07, 6.45) is 1.81. The number of carbonyl (C=O) groups excluding carboxylic acids is 1. The lowest BCUT2D eigenvalue weighted by atomic mass is 9.76. The van der Waals surface area contributed by atoms with Crippen molar-refractivity contribution in [1.29, 1.82) is 0 Å². The highest BCUT2D eigenvalue weighted by Crippen LogP contribution is 2.31. The van der Waals surface area contributed by atoms with Gasteiger partial charge in [-0.2, -0.15) is 0 Å². The first-order valence-electron chi connectivity index (χ1n) is 9.40. The molecule has 7 heteroatoms. The summed E-state index contributed by atoms with van der Waals surface area (Å²) in [4.78, 5) is 12.5. The minimum atomic E-state index is -3.60. The molecule has 0 aliphatic heterocycles. The number of sulfonamides is 1. The van der Waals surface area contributed by atoms with Crippen molar-refractivity contribution in [3.05, 3.63) is 65.2 Å². The standard InChI is InChI=1S/C21H27ClN2O3S/c1-3-21(4-2,17-10-12-18(22)13-11-17)16-23-20(25)14-15-24-28(26,27)19-8-6-5-7-9-19/h5-13,24H,3-4,14-16H2,1-2H3,(H,23,25). The topological polar surface area (TPSA) is 75.3 Å². The summed E-state index contributed by atoms with van der Waals surface area (Å²) < 4.78 is 26.8. The van der Waals surface area contributed by atoms with Crippen LogP contribution in [0.1, 0.15) is 38.7 Å². The van der Waals surface area contributed by atoms with Crippen molar-refractivity contribution in [3.8, 4) is 0 Å². The molecule has 0 radical (unpaired) electrons.